The predicted molar refractivity (Wildman–Crippen MR) is 189 cm³/mol. The zero-order valence-electron chi connectivity index (χ0n) is 29.8. The Morgan fingerprint density at radius 3 is 2.53 bits per heavy atom. The van der Waals surface area contributed by atoms with Crippen molar-refractivity contribution in [3.05, 3.63) is 71.1 Å². The number of nitrogens with one attached hydrogen (secondary N) is 2. The monoisotopic (exact) mass is 728 g/mol. The van der Waals surface area contributed by atoms with Gasteiger partial charge in [-0.05, 0) is 74.8 Å². The van der Waals surface area contributed by atoms with Crippen LogP contribution in [0, 0.1) is 25.2 Å². The summed E-state index contributed by atoms with van der Waals surface area (Å²) in [4.78, 5) is 68.3. The Labute approximate surface area is 303 Å². The molecule has 53 heavy (non-hydrogen) atoms. The number of aryl methyl sites for hydroxylation is 2. The van der Waals surface area contributed by atoms with E-state index < -0.39 is 41.2 Å². The van der Waals surface area contributed by atoms with Gasteiger partial charge in [0.1, 0.15) is 35.6 Å². The maximum atomic E-state index is 14.5. The number of benzene rings is 1. The zero-order chi connectivity index (χ0) is 37.8. The third-order valence-corrected chi connectivity index (χ3v) is 10.8. The van der Waals surface area contributed by atoms with E-state index in [-0.39, 0.29) is 48.6 Å². The molecule has 15 heteroatoms. The summed E-state index contributed by atoms with van der Waals surface area (Å²) >= 11 is 0. The summed E-state index contributed by atoms with van der Waals surface area (Å²) in [6.45, 7) is 6.59. The van der Waals surface area contributed by atoms with E-state index in [1.165, 1.54) is 29.5 Å². The Hall–Kier alpha value is -5.47. The highest BCUT2D eigenvalue weighted by Crippen LogP contribution is 2.64. The van der Waals surface area contributed by atoms with E-state index in [2.05, 4.69) is 30.7 Å². The summed E-state index contributed by atoms with van der Waals surface area (Å²) in [5.41, 5.74) is 1.44. The molecule has 2 N–H and O–H groups in total. The van der Waals surface area contributed by atoms with Crippen molar-refractivity contribution in [1.82, 2.24) is 34.9 Å². The fourth-order valence-electron chi connectivity index (χ4n) is 7.93. The second-order valence-corrected chi connectivity index (χ2v) is 14.3. The summed E-state index contributed by atoms with van der Waals surface area (Å²) in [5.74, 6) is -1.31. The van der Waals surface area contributed by atoms with Crippen LogP contribution in [0.2, 0.25) is 0 Å². The number of hydrogen-bond acceptors (Lipinski definition) is 8. The molecule has 4 aromatic rings. The Kier molecular flexibility index (Phi) is 9.15. The Bertz CT molecular complexity index is 2180. The molecule has 3 aliphatic rings. The van der Waals surface area contributed by atoms with Crippen LogP contribution < -0.4 is 10.6 Å². The molecule has 5 heterocycles. The normalized spacial score (nSPS) is 24.0. The smallest absolute Gasteiger partial charge is 0.355 e. The summed E-state index contributed by atoms with van der Waals surface area (Å²) in [6.07, 6.45) is 5.13. The third-order valence-electron chi connectivity index (χ3n) is 10.8. The van der Waals surface area contributed by atoms with Crippen molar-refractivity contribution in [2.24, 2.45) is 11.3 Å². The van der Waals surface area contributed by atoms with Crippen LogP contribution in [0.3, 0.4) is 0 Å². The average Bonchev–Trinajstić information content (AvgIpc) is 3.37. The number of anilines is 1. The highest BCUT2D eigenvalue weighted by Gasteiger charge is 2.72. The molecule has 0 unspecified atom stereocenters. The van der Waals surface area contributed by atoms with Crippen molar-refractivity contribution in [3.63, 3.8) is 0 Å². The molecule has 0 spiro atoms. The molecule has 0 radical (unpaired) electrons. The number of piperidine rings is 1. The largest absolute Gasteiger partial charge is 0.433 e. The summed E-state index contributed by atoms with van der Waals surface area (Å²) in [6, 6.07) is 4.32. The first kappa shape index (κ1) is 35.9. The fourth-order valence-corrected chi connectivity index (χ4v) is 7.93. The first-order chi connectivity index (χ1) is 25.2. The topological polar surface area (TPSA) is 152 Å². The molecule has 3 aromatic heterocycles. The van der Waals surface area contributed by atoms with Crippen molar-refractivity contribution in [2.45, 2.75) is 84.6 Å². The van der Waals surface area contributed by atoms with Gasteiger partial charge in [0.25, 0.3) is 0 Å². The van der Waals surface area contributed by atoms with Crippen LogP contribution in [0.4, 0.5) is 19.0 Å². The fraction of sp³-hybridized carbons (Fsp3) is 0.421. The van der Waals surface area contributed by atoms with Crippen LogP contribution in [0.1, 0.15) is 79.1 Å². The molecule has 2 bridgehead atoms. The summed E-state index contributed by atoms with van der Waals surface area (Å²) < 4.78 is 42.1. The zero-order valence-corrected chi connectivity index (χ0v) is 29.8. The number of amides is 3. The number of carbonyl (C=O) groups is 4. The first-order valence-electron chi connectivity index (χ1n) is 17.6. The van der Waals surface area contributed by atoms with Gasteiger partial charge in [0.15, 0.2) is 5.78 Å². The lowest BCUT2D eigenvalue weighted by molar-refractivity contribution is -0.141. The number of hydrogen-bond donors (Lipinski definition) is 2. The molecule has 12 nitrogen and oxygen atoms in total. The van der Waals surface area contributed by atoms with Crippen LogP contribution in [0.25, 0.3) is 28.1 Å². The first-order valence-corrected chi connectivity index (χ1v) is 17.6. The van der Waals surface area contributed by atoms with E-state index in [0.29, 0.717) is 47.1 Å². The molecule has 1 aromatic carbocycles. The molecule has 276 valence electrons. The van der Waals surface area contributed by atoms with Gasteiger partial charge in [0.2, 0.25) is 17.7 Å². The third kappa shape index (κ3) is 6.68. The van der Waals surface area contributed by atoms with Gasteiger partial charge in [0.05, 0.1) is 5.52 Å². The second-order valence-electron chi connectivity index (χ2n) is 14.3. The van der Waals surface area contributed by atoms with Crippen LogP contribution in [0.15, 0.2) is 42.7 Å². The molecule has 1 saturated carbocycles. The lowest BCUT2D eigenvalue weighted by Crippen LogP contribution is -2.47. The van der Waals surface area contributed by atoms with E-state index in [9.17, 15) is 32.3 Å². The van der Waals surface area contributed by atoms with Gasteiger partial charge >= 0.3 is 6.18 Å². The van der Waals surface area contributed by atoms with Crippen LogP contribution in [0.5, 0.6) is 0 Å². The number of Topliss-reactive ketones (excluding diaryl/α,β-unsaturated/α-hetero) is 1. The molecule has 1 saturated heterocycles. The van der Waals surface area contributed by atoms with E-state index in [4.69, 9.17) is 0 Å². The van der Waals surface area contributed by atoms with E-state index >= 15 is 0 Å². The number of alkyl halides is 3. The van der Waals surface area contributed by atoms with Crippen molar-refractivity contribution < 1.29 is 32.3 Å². The molecule has 7 rings (SSSR count). The number of nitrogens with zero attached hydrogens (tertiary/aromatic N) is 6. The van der Waals surface area contributed by atoms with E-state index in [0.717, 1.165) is 23.6 Å². The number of halogens is 3. The lowest BCUT2D eigenvalue weighted by Gasteiger charge is -2.28. The van der Waals surface area contributed by atoms with E-state index in [1.54, 1.807) is 19.3 Å². The van der Waals surface area contributed by atoms with Crippen molar-refractivity contribution in [3.8, 4) is 11.1 Å². The molecule has 4 atom stereocenters. The number of ketones is 1. The van der Waals surface area contributed by atoms with Gasteiger partial charge in [-0.25, -0.2) is 15.0 Å². The van der Waals surface area contributed by atoms with E-state index in [1.807, 2.05) is 31.2 Å². The summed E-state index contributed by atoms with van der Waals surface area (Å²) in [5, 5.41) is 10.8. The maximum absolute atomic E-state index is 14.5. The molecule has 2 aliphatic heterocycles. The van der Waals surface area contributed by atoms with Crippen molar-refractivity contribution in [2.75, 3.05) is 11.9 Å². The average molecular weight is 729 g/mol. The van der Waals surface area contributed by atoms with Crippen molar-refractivity contribution >= 4 is 46.3 Å². The minimum Gasteiger partial charge on any atom is -0.355 e. The predicted octanol–water partition coefficient (Wildman–Crippen LogP) is 5.67. The van der Waals surface area contributed by atoms with Gasteiger partial charge in [-0.15, -0.1) is 0 Å². The van der Waals surface area contributed by atoms with Crippen molar-refractivity contribution in [1.29, 1.82) is 0 Å². The number of pyridine rings is 1. The lowest BCUT2D eigenvalue weighted by atomic mass is 9.95. The van der Waals surface area contributed by atoms with Crippen LogP contribution in [-0.2, 0) is 27.1 Å². The SMILES string of the molecule is CC(=O)c1nn2c3c(cc(-c4cnc(C)nc4)cc13)/C=C/CCCCC(=O)NC[C@@]13C[C@@H](C(=O)Nc4nc(C(F)(F)F)ccc4C)N(C(=O)C2)[C@@H]1[C@@H]3C. The van der Waals surface area contributed by atoms with Gasteiger partial charge in [-0.3, -0.25) is 23.9 Å². The molecule has 2 fully saturated rings. The highest BCUT2D eigenvalue weighted by molar-refractivity contribution is 6.08. The second kappa shape index (κ2) is 13.5. The number of aromatic nitrogens is 5. The standard InChI is InChI=1S/C38H39F3N8O4/c1-20-11-12-29(38(39,40)41)45-35(20)46-36(53)28-15-37-19-44-30(51)10-8-6-5-7-9-24-13-25(26-16-42-23(4)43-17-26)14-27-32(22(3)50)47-48(33(24)27)18-31(52)49(28)34(37)21(37)2/h7,9,11-14,16-17,21,28,34H,5-6,8,10,15,18-19H2,1-4H3,(H,44,51)(H,45,46,53)/b9-7+/t21-,28-,34+,37+/m0/s1. The summed E-state index contributed by atoms with van der Waals surface area (Å²) in [7, 11) is 0. The van der Waals surface area contributed by atoms with Gasteiger partial charge in [-0.2, -0.15) is 18.3 Å². The molecule has 1 aliphatic carbocycles. The minimum atomic E-state index is -4.73. The molecular formula is C38H39F3N8O4. The van der Waals surface area contributed by atoms with Gasteiger partial charge in [0, 0.05) is 60.3 Å². The minimum absolute atomic E-state index is 0.0805. The van der Waals surface area contributed by atoms with Crippen LogP contribution in [-0.4, -0.2) is 71.8 Å². The number of allylic oxidation sites excluding steroid dienone is 1. The number of carbonyl (C=O) groups excluding carboxylic acids is 4. The maximum Gasteiger partial charge on any atom is 0.433 e. The Balaban J connectivity index is 1.31. The Morgan fingerprint density at radius 1 is 1.06 bits per heavy atom. The molecular weight excluding hydrogens is 689 g/mol. The highest BCUT2D eigenvalue weighted by atomic mass is 19.4. The quantitative estimate of drug-likeness (QED) is 0.255. The van der Waals surface area contributed by atoms with Gasteiger partial charge < -0.3 is 15.5 Å². The Morgan fingerprint density at radius 2 is 1.81 bits per heavy atom. The molecule has 3 amide bonds. The van der Waals surface area contributed by atoms with Crippen LogP contribution >= 0.6 is 0 Å². The van der Waals surface area contributed by atoms with Gasteiger partial charge in [-0.1, -0.05) is 25.1 Å². The number of rotatable bonds is 4.